The quantitative estimate of drug-likeness (QED) is 0.448. The van der Waals surface area contributed by atoms with E-state index in [0.29, 0.717) is 43.7 Å². The highest BCUT2D eigenvalue weighted by atomic mass is 16.6. The van der Waals surface area contributed by atoms with Crippen LogP contribution in [-0.2, 0) is 23.1 Å². The molecule has 1 saturated heterocycles. The van der Waals surface area contributed by atoms with Crippen LogP contribution in [0.25, 0.3) is 11.0 Å². The molecule has 0 radical (unpaired) electrons. The summed E-state index contributed by atoms with van der Waals surface area (Å²) < 4.78 is 12.0. The van der Waals surface area contributed by atoms with Gasteiger partial charge in [0.15, 0.2) is 0 Å². The minimum absolute atomic E-state index is 0.311. The monoisotopic (exact) mass is 481 g/mol. The molecule has 1 fully saturated rings. The van der Waals surface area contributed by atoms with Gasteiger partial charge in [0.2, 0.25) is 5.95 Å². The number of hydrogen-bond donors (Lipinski definition) is 0. The van der Waals surface area contributed by atoms with E-state index in [1.54, 1.807) is 16.5 Å². The molecule has 3 aromatic rings. The summed E-state index contributed by atoms with van der Waals surface area (Å²) in [5, 5.41) is 8.23. The molecule has 186 valence electrons. The van der Waals surface area contributed by atoms with Crippen molar-refractivity contribution in [3.63, 3.8) is 0 Å². The molecule has 1 aliphatic heterocycles. The first-order valence-corrected chi connectivity index (χ1v) is 11.9. The number of benzene rings is 1. The van der Waals surface area contributed by atoms with Gasteiger partial charge >= 0.3 is 12.1 Å². The summed E-state index contributed by atoms with van der Waals surface area (Å²) in [7, 11) is 1.85. The van der Waals surface area contributed by atoms with Gasteiger partial charge in [0.1, 0.15) is 5.52 Å². The third-order valence-corrected chi connectivity index (χ3v) is 6.10. The number of rotatable bonds is 8. The third-order valence-electron chi connectivity index (χ3n) is 6.10. The summed E-state index contributed by atoms with van der Waals surface area (Å²) in [5.74, 6) is 0.501. The van der Waals surface area contributed by atoms with Crippen LogP contribution in [0.2, 0.25) is 0 Å². The van der Waals surface area contributed by atoms with E-state index in [0.717, 1.165) is 42.5 Å². The Bertz CT molecular complexity index is 1160. The minimum atomic E-state index is -0.421. The van der Waals surface area contributed by atoms with E-state index < -0.39 is 5.97 Å². The van der Waals surface area contributed by atoms with Crippen LogP contribution < -0.4 is 4.90 Å². The molecule has 0 saturated carbocycles. The number of esters is 1. The van der Waals surface area contributed by atoms with Crippen molar-refractivity contribution in [3.8, 4) is 0 Å². The topological polar surface area (TPSA) is 116 Å². The first-order chi connectivity index (χ1) is 17.0. The number of anilines is 1. The Hall–Kier alpha value is -3.76. The standard InChI is InChI=1S/C24H31N7O4/c1-4-34-22(32)19-13-25-23(26-14-19)30-10-8-17(9-11-30)15-31(24(33)35-5-2)16-18-6-7-21-20(12-18)27-28-29(21)3/h6-7,12-14,17H,4-5,8-11,15-16H2,1-3H3. The Morgan fingerprint density at radius 1 is 1.09 bits per heavy atom. The second-order valence-corrected chi connectivity index (χ2v) is 8.54. The summed E-state index contributed by atoms with van der Waals surface area (Å²) in [6, 6.07) is 5.94. The molecule has 1 aliphatic rings. The molecule has 35 heavy (non-hydrogen) atoms. The molecule has 0 atom stereocenters. The van der Waals surface area contributed by atoms with Gasteiger partial charge < -0.3 is 19.3 Å². The van der Waals surface area contributed by atoms with E-state index in [1.165, 1.54) is 12.4 Å². The largest absolute Gasteiger partial charge is 0.462 e. The summed E-state index contributed by atoms with van der Waals surface area (Å²) in [6.07, 6.45) is 4.47. The number of hydrogen-bond acceptors (Lipinski definition) is 9. The summed E-state index contributed by atoms with van der Waals surface area (Å²) >= 11 is 0. The lowest BCUT2D eigenvalue weighted by atomic mass is 9.96. The van der Waals surface area contributed by atoms with E-state index in [9.17, 15) is 9.59 Å². The normalized spacial score (nSPS) is 14.2. The molecule has 3 heterocycles. The molecule has 1 aromatic carbocycles. The summed E-state index contributed by atoms with van der Waals surface area (Å²) in [4.78, 5) is 37.1. The Morgan fingerprint density at radius 3 is 2.49 bits per heavy atom. The smallest absolute Gasteiger partial charge is 0.410 e. The highest BCUT2D eigenvalue weighted by molar-refractivity contribution is 5.88. The average molecular weight is 482 g/mol. The Kier molecular flexibility index (Phi) is 7.74. The molecule has 2 aromatic heterocycles. The Labute approximate surface area is 204 Å². The van der Waals surface area contributed by atoms with Gasteiger partial charge in [-0.2, -0.15) is 0 Å². The van der Waals surface area contributed by atoms with Crippen LogP contribution in [0.5, 0.6) is 0 Å². The second kappa shape index (κ2) is 11.1. The van der Waals surface area contributed by atoms with E-state index in [2.05, 4.69) is 25.2 Å². The summed E-state index contributed by atoms with van der Waals surface area (Å²) in [6.45, 7) is 6.81. The molecule has 0 spiro atoms. The second-order valence-electron chi connectivity index (χ2n) is 8.54. The maximum atomic E-state index is 12.7. The lowest BCUT2D eigenvalue weighted by molar-refractivity contribution is 0.0525. The zero-order chi connectivity index (χ0) is 24.8. The molecule has 4 rings (SSSR count). The predicted molar refractivity (Wildman–Crippen MR) is 129 cm³/mol. The van der Waals surface area contributed by atoms with Gasteiger partial charge in [-0.05, 0) is 50.3 Å². The molecule has 1 amide bonds. The zero-order valence-electron chi connectivity index (χ0n) is 20.4. The highest BCUT2D eigenvalue weighted by Gasteiger charge is 2.26. The predicted octanol–water partition coefficient (Wildman–Crippen LogP) is 2.81. The van der Waals surface area contributed by atoms with E-state index in [-0.39, 0.29) is 6.09 Å². The van der Waals surface area contributed by atoms with Gasteiger partial charge in [-0.3, -0.25) is 0 Å². The highest BCUT2D eigenvalue weighted by Crippen LogP contribution is 2.23. The van der Waals surface area contributed by atoms with E-state index in [4.69, 9.17) is 9.47 Å². The fourth-order valence-corrected chi connectivity index (χ4v) is 4.25. The molecular formula is C24H31N7O4. The first-order valence-electron chi connectivity index (χ1n) is 11.9. The van der Waals surface area contributed by atoms with Crippen LogP contribution in [0.3, 0.4) is 0 Å². The van der Waals surface area contributed by atoms with Gasteiger partial charge in [0, 0.05) is 45.6 Å². The molecular weight excluding hydrogens is 450 g/mol. The lowest BCUT2D eigenvalue weighted by Crippen LogP contribution is -2.41. The number of ether oxygens (including phenoxy) is 2. The fraction of sp³-hybridized carbons (Fsp3) is 0.500. The van der Waals surface area contributed by atoms with Crippen LogP contribution in [-0.4, -0.2) is 74.8 Å². The number of aromatic nitrogens is 5. The van der Waals surface area contributed by atoms with E-state index >= 15 is 0 Å². The number of nitrogens with zero attached hydrogens (tertiary/aromatic N) is 7. The van der Waals surface area contributed by atoms with Crippen LogP contribution >= 0.6 is 0 Å². The lowest BCUT2D eigenvalue weighted by Gasteiger charge is -2.34. The number of aryl methyl sites for hydroxylation is 1. The first kappa shape index (κ1) is 24.4. The molecule has 0 aliphatic carbocycles. The minimum Gasteiger partial charge on any atom is -0.462 e. The van der Waals surface area contributed by atoms with Crippen molar-refractivity contribution in [1.29, 1.82) is 0 Å². The van der Waals surface area contributed by atoms with Crippen molar-refractivity contribution in [2.24, 2.45) is 13.0 Å². The van der Waals surface area contributed by atoms with Crippen molar-refractivity contribution in [2.45, 2.75) is 33.2 Å². The summed E-state index contributed by atoms with van der Waals surface area (Å²) in [5.41, 5.74) is 3.08. The average Bonchev–Trinajstić information content (AvgIpc) is 3.24. The maximum absolute atomic E-state index is 12.7. The van der Waals surface area contributed by atoms with Crippen LogP contribution in [0.4, 0.5) is 10.7 Å². The molecule has 0 N–H and O–H groups in total. The van der Waals surface area contributed by atoms with Crippen molar-refractivity contribution in [3.05, 3.63) is 41.7 Å². The van der Waals surface area contributed by atoms with Crippen LogP contribution in [0, 0.1) is 5.92 Å². The van der Waals surface area contributed by atoms with Gasteiger partial charge in [0.25, 0.3) is 0 Å². The number of fused-ring (bicyclic) bond motifs is 1. The fourth-order valence-electron chi connectivity index (χ4n) is 4.25. The van der Waals surface area contributed by atoms with Crippen LogP contribution in [0.15, 0.2) is 30.6 Å². The molecule has 0 bridgehead atoms. The maximum Gasteiger partial charge on any atom is 0.410 e. The van der Waals surface area contributed by atoms with Crippen molar-refractivity contribution in [1.82, 2.24) is 29.9 Å². The van der Waals surface area contributed by atoms with E-state index in [1.807, 2.05) is 32.2 Å². The van der Waals surface area contributed by atoms with Crippen molar-refractivity contribution < 1.29 is 19.1 Å². The van der Waals surface area contributed by atoms with Gasteiger partial charge in [-0.1, -0.05) is 11.3 Å². The number of carbonyl (C=O) groups is 2. The number of piperidine rings is 1. The molecule has 11 heteroatoms. The molecule has 0 unspecified atom stereocenters. The van der Waals surface area contributed by atoms with Crippen LogP contribution in [0.1, 0.15) is 42.6 Å². The SMILES string of the molecule is CCOC(=O)c1cnc(N2CCC(CN(Cc3ccc4c(c3)nnn4C)C(=O)OCC)CC2)nc1. The molecule has 11 nitrogen and oxygen atoms in total. The van der Waals surface area contributed by atoms with Crippen molar-refractivity contribution in [2.75, 3.05) is 37.7 Å². The Morgan fingerprint density at radius 2 is 1.80 bits per heavy atom. The van der Waals surface area contributed by atoms with Gasteiger partial charge in [-0.25, -0.2) is 24.2 Å². The van der Waals surface area contributed by atoms with Crippen molar-refractivity contribution >= 4 is 29.0 Å². The number of amides is 1. The zero-order valence-corrected chi connectivity index (χ0v) is 20.4. The number of carbonyl (C=O) groups excluding carboxylic acids is 2. The third kappa shape index (κ3) is 5.84. The van der Waals surface area contributed by atoms with Gasteiger partial charge in [-0.15, -0.1) is 5.10 Å². The Balaban J connectivity index is 1.37. The van der Waals surface area contributed by atoms with Gasteiger partial charge in [0.05, 0.1) is 24.3 Å².